The molecule has 5 nitrogen and oxygen atoms in total. The first-order valence-corrected chi connectivity index (χ1v) is 13.0. The first-order valence-electron chi connectivity index (χ1n) is 13.0. The Labute approximate surface area is 196 Å². The van der Waals surface area contributed by atoms with Crippen LogP contribution >= 0.6 is 0 Å². The van der Waals surface area contributed by atoms with Crippen molar-refractivity contribution in [2.45, 2.75) is 99.1 Å². The van der Waals surface area contributed by atoms with Gasteiger partial charge in [0, 0.05) is 13.1 Å². The van der Waals surface area contributed by atoms with E-state index in [4.69, 9.17) is 0 Å². The van der Waals surface area contributed by atoms with Gasteiger partial charge in [0.2, 0.25) is 0 Å². The largest absolute Gasteiger partial charge is 0.312 e. The summed E-state index contributed by atoms with van der Waals surface area (Å²) >= 11 is 0. The highest BCUT2D eigenvalue weighted by molar-refractivity contribution is 5.48. The third kappa shape index (κ3) is 8.32. The van der Waals surface area contributed by atoms with Crippen LogP contribution in [0.3, 0.4) is 0 Å². The van der Waals surface area contributed by atoms with Gasteiger partial charge < -0.3 is 10.6 Å². The molecule has 2 atom stereocenters. The molecule has 1 heterocycles. The molecule has 0 aliphatic rings. The minimum absolute atomic E-state index is 0.763. The standard InChI is InChI=1S/C27H47N5/c1-6-10-12-23(8-3)18-28-20-25-14-15-27(32-17-16-30-31-32)22(5)26(25)21-29-19-24(9-4)13-11-7-2/h14-17,23-24,28-29H,6-13,18-21H2,1-5H3. The quantitative estimate of drug-likeness (QED) is 0.307. The monoisotopic (exact) mass is 441 g/mol. The van der Waals surface area contributed by atoms with Crippen molar-refractivity contribution in [3.05, 3.63) is 41.2 Å². The van der Waals surface area contributed by atoms with Crippen molar-refractivity contribution in [2.24, 2.45) is 11.8 Å². The van der Waals surface area contributed by atoms with Gasteiger partial charge in [-0.1, -0.05) is 77.5 Å². The molecule has 2 N–H and O–H groups in total. The molecule has 0 amide bonds. The van der Waals surface area contributed by atoms with Crippen molar-refractivity contribution in [3.63, 3.8) is 0 Å². The van der Waals surface area contributed by atoms with Gasteiger partial charge >= 0.3 is 0 Å². The number of benzene rings is 1. The van der Waals surface area contributed by atoms with Crippen LogP contribution in [0.1, 0.15) is 95.8 Å². The van der Waals surface area contributed by atoms with Gasteiger partial charge in [-0.3, -0.25) is 0 Å². The van der Waals surface area contributed by atoms with Gasteiger partial charge in [0.05, 0.1) is 18.1 Å². The molecule has 32 heavy (non-hydrogen) atoms. The summed E-state index contributed by atoms with van der Waals surface area (Å²) in [7, 11) is 0. The molecule has 2 unspecified atom stereocenters. The van der Waals surface area contributed by atoms with E-state index in [1.807, 2.05) is 10.9 Å². The summed E-state index contributed by atoms with van der Waals surface area (Å²) in [6, 6.07) is 4.46. The molecule has 2 aromatic rings. The predicted octanol–water partition coefficient (Wildman–Crippen LogP) is 6.19. The molecule has 180 valence electrons. The molecule has 2 rings (SSSR count). The van der Waals surface area contributed by atoms with E-state index < -0.39 is 0 Å². The Morgan fingerprint density at radius 2 is 1.50 bits per heavy atom. The molecular formula is C27H47N5. The fourth-order valence-electron chi connectivity index (χ4n) is 4.50. The minimum atomic E-state index is 0.763. The lowest BCUT2D eigenvalue weighted by Gasteiger charge is -2.21. The molecule has 0 fully saturated rings. The average molecular weight is 442 g/mol. The SMILES string of the molecule is CCCCC(CC)CNCc1ccc(-n2ccnn2)c(C)c1CNCC(CC)CCCC. The molecule has 0 saturated heterocycles. The minimum Gasteiger partial charge on any atom is -0.312 e. The zero-order chi connectivity index (χ0) is 23.2. The molecule has 0 bridgehead atoms. The first-order chi connectivity index (χ1) is 15.6. The topological polar surface area (TPSA) is 54.8 Å². The van der Waals surface area contributed by atoms with Crippen LogP contribution in [0.15, 0.2) is 24.5 Å². The van der Waals surface area contributed by atoms with E-state index in [-0.39, 0.29) is 0 Å². The Morgan fingerprint density at radius 3 is 2.03 bits per heavy atom. The van der Waals surface area contributed by atoms with E-state index in [1.54, 1.807) is 6.20 Å². The van der Waals surface area contributed by atoms with Crippen LogP contribution in [-0.4, -0.2) is 28.1 Å². The van der Waals surface area contributed by atoms with Crippen LogP contribution < -0.4 is 10.6 Å². The molecule has 0 aliphatic heterocycles. The maximum Gasteiger partial charge on any atom is 0.0697 e. The van der Waals surface area contributed by atoms with Crippen LogP contribution in [-0.2, 0) is 13.1 Å². The van der Waals surface area contributed by atoms with Crippen molar-refractivity contribution in [1.82, 2.24) is 25.6 Å². The number of rotatable bonds is 17. The lowest BCUT2D eigenvalue weighted by Crippen LogP contribution is -2.26. The van der Waals surface area contributed by atoms with E-state index >= 15 is 0 Å². The Balaban J connectivity index is 2.09. The summed E-state index contributed by atoms with van der Waals surface area (Å²) in [4.78, 5) is 0. The number of hydrogen-bond acceptors (Lipinski definition) is 4. The molecule has 5 heteroatoms. The van der Waals surface area contributed by atoms with Gasteiger partial charge in [0.25, 0.3) is 0 Å². The van der Waals surface area contributed by atoms with Crippen molar-refractivity contribution in [2.75, 3.05) is 13.1 Å². The van der Waals surface area contributed by atoms with E-state index in [0.717, 1.165) is 43.7 Å². The molecular weight excluding hydrogens is 394 g/mol. The van der Waals surface area contributed by atoms with Gasteiger partial charge in [-0.15, -0.1) is 5.10 Å². The van der Waals surface area contributed by atoms with E-state index in [1.165, 1.54) is 68.1 Å². The van der Waals surface area contributed by atoms with Gasteiger partial charge in [0.15, 0.2) is 0 Å². The van der Waals surface area contributed by atoms with Crippen LogP contribution in [0.5, 0.6) is 0 Å². The zero-order valence-electron chi connectivity index (χ0n) is 21.3. The highest BCUT2D eigenvalue weighted by Crippen LogP contribution is 2.22. The molecule has 0 spiro atoms. The first kappa shape index (κ1) is 26.5. The van der Waals surface area contributed by atoms with E-state index in [9.17, 15) is 0 Å². The predicted molar refractivity (Wildman–Crippen MR) is 136 cm³/mol. The van der Waals surface area contributed by atoms with Crippen molar-refractivity contribution in [1.29, 1.82) is 0 Å². The third-order valence-corrected chi connectivity index (χ3v) is 6.91. The summed E-state index contributed by atoms with van der Waals surface area (Å²) in [6.45, 7) is 15.4. The van der Waals surface area contributed by atoms with Gasteiger partial charge in [-0.05, 0) is 67.4 Å². The van der Waals surface area contributed by atoms with E-state index in [2.05, 4.69) is 67.7 Å². The summed E-state index contributed by atoms with van der Waals surface area (Å²) in [5.41, 5.74) is 5.21. The average Bonchev–Trinajstić information content (AvgIpc) is 3.34. The summed E-state index contributed by atoms with van der Waals surface area (Å²) in [6.07, 6.45) is 14.0. The molecule has 1 aromatic heterocycles. The number of nitrogens with zero attached hydrogens (tertiary/aromatic N) is 3. The maximum atomic E-state index is 4.23. The van der Waals surface area contributed by atoms with Crippen molar-refractivity contribution < 1.29 is 0 Å². The van der Waals surface area contributed by atoms with E-state index in [0.29, 0.717) is 0 Å². The second-order valence-electron chi connectivity index (χ2n) is 9.29. The highest BCUT2D eigenvalue weighted by atomic mass is 15.4. The van der Waals surface area contributed by atoms with Crippen LogP contribution in [0, 0.1) is 18.8 Å². The number of aromatic nitrogens is 3. The number of unbranched alkanes of at least 4 members (excludes halogenated alkanes) is 2. The van der Waals surface area contributed by atoms with Gasteiger partial charge in [-0.25, -0.2) is 4.68 Å². The van der Waals surface area contributed by atoms with Crippen molar-refractivity contribution >= 4 is 0 Å². The molecule has 0 saturated carbocycles. The third-order valence-electron chi connectivity index (χ3n) is 6.91. The normalized spacial score (nSPS) is 13.4. The van der Waals surface area contributed by atoms with Crippen LogP contribution in [0.2, 0.25) is 0 Å². The van der Waals surface area contributed by atoms with Crippen LogP contribution in [0.25, 0.3) is 5.69 Å². The molecule has 0 radical (unpaired) electrons. The summed E-state index contributed by atoms with van der Waals surface area (Å²) in [5, 5.41) is 15.8. The smallest absolute Gasteiger partial charge is 0.0697 e. The fourth-order valence-corrected chi connectivity index (χ4v) is 4.50. The molecule has 1 aromatic carbocycles. The number of hydrogen-bond donors (Lipinski definition) is 2. The second-order valence-corrected chi connectivity index (χ2v) is 9.29. The fraction of sp³-hybridized carbons (Fsp3) is 0.704. The second kappa shape index (κ2) is 15.2. The maximum absolute atomic E-state index is 4.23. The Kier molecular flexibility index (Phi) is 12.6. The Hall–Kier alpha value is -1.72. The highest BCUT2D eigenvalue weighted by Gasteiger charge is 2.14. The Bertz CT molecular complexity index is 741. The zero-order valence-corrected chi connectivity index (χ0v) is 21.3. The summed E-state index contributed by atoms with van der Waals surface area (Å²) < 4.78 is 1.88. The lowest BCUT2D eigenvalue weighted by atomic mass is 9.97. The van der Waals surface area contributed by atoms with Gasteiger partial charge in [-0.2, -0.15) is 0 Å². The van der Waals surface area contributed by atoms with Gasteiger partial charge in [0.1, 0.15) is 0 Å². The lowest BCUT2D eigenvalue weighted by molar-refractivity contribution is 0.414. The Morgan fingerprint density at radius 1 is 0.875 bits per heavy atom. The summed E-state index contributed by atoms with van der Waals surface area (Å²) in [5.74, 6) is 1.54. The van der Waals surface area contributed by atoms with Crippen molar-refractivity contribution in [3.8, 4) is 5.69 Å². The van der Waals surface area contributed by atoms with Crippen LogP contribution in [0.4, 0.5) is 0 Å². The molecule has 0 aliphatic carbocycles. The number of nitrogens with one attached hydrogen (secondary N) is 2.